The van der Waals surface area contributed by atoms with Crippen LogP contribution in [0.1, 0.15) is 42.2 Å². The molecule has 1 unspecified atom stereocenters. The van der Waals surface area contributed by atoms with Crippen molar-refractivity contribution in [2.75, 3.05) is 13.1 Å². The van der Waals surface area contributed by atoms with E-state index in [1.165, 1.54) is 6.92 Å². The lowest BCUT2D eigenvalue weighted by Crippen LogP contribution is -2.40. The standard InChI is InChI=1S/C22H22FN3O3/c1-13(27)14-10-15(25-12-14)11-17-20-16(4-5-22(29)6-8-24-9-7-22)18(23)2-3-19(20)26-21(17)28/h3,10-12,18,24-25,29H,2,6-9H2,1H3,(H,26,28)/b17-11-. The van der Waals surface area contributed by atoms with Gasteiger partial charge in [0.25, 0.3) is 5.91 Å². The van der Waals surface area contributed by atoms with Gasteiger partial charge in [0.05, 0.1) is 5.57 Å². The molecule has 150 valence electrons. The molecule has 4 rings (SSSR count). The Hall–Kier alpha value is -2.95. The van der Waals surface area contributed by atoms with E-state index in [0.717, 1.165) is 0 Å². The van der Waals surface area contributed by atoms with Crippen molar-refractivity contribution in [2.45, 2.75) is 38.0 Å². The first-order chi connectivity index (χ1) is 13.9. The number of aliphatic hydroxyl groups is 1. The van der Waals surface area contributed by atoms with Gasteiger partial charge in [-0.25, -0.2) is 4.39 Å². The third kappa shape index (κ3) is 3.82. The Bertz CT molecular complexity index is 1030. The second kappa shape index (κ2) is 7.47. The van der Waals surface area contributed by atoms with E-state index >= 15 is 0 Å². The first-order valence-electron chi connectivity index (χ1n) is 9.64. The number of hydrogen-bond donors (Lipinski definition) is 4. The summed E-state index contributed by atoms with van der Waals surface area (Å²) in [5, 5.41) is 16.6. The van der Waals surface area contributed by atoms with Gasteiger partial charge in [-0.15, -0.1) is 0 Å². The third-order valence-electron chi connectivity index (χ3n) is 5.42. The number of alkyl halides is 1. The van der Waals surface area contributed by atoms with Crippen molar-refractivity contribution in [1.29, 1.82) is 0 Å². The van der Waals surface area contributed by atoms with Gasteiger partial charge in [-0.3, -0.25) is 9.59 Å². The summed E-state index contributed by atoms with van der Waals surface area (Å²) in [6.45, 7) is 2.76. The summed E-state index contributed by atoms with van der Waals surface area (Å²) < 4.78 is 14.8. The number of halogens is 1. The smallest absolute Gasteiger partial charge is 0.256 e. The molecule has 2 fully saturated rings. The van der Waals surface area contributed by atoms with Gasteiger partial charge in [-0.2, -0.15) is 0 Å². The Labute approximate surface area is 168 Å². The van der Waals surface area contributed by atoms with Crippen molar-refractivity contribution < 1.29 is 19.1 Å². The molecule has 29 heavy (non-hydrogen) atoms. The average Bonchev–Trinajstić information content (AvgIpc) is 3.27. The quantitative estimate of drug-likeness (QED) is 0.349. The van der Waals surface area contributed by atoms with Gasteiger partial charge < -0.3 is 20.7 Å². The highest BCUT2D eigenvalue weighted by atomic mass is 19.1. The van der Waals surface area contributed by atoms with Crippen molar-refractivity contribution in [1.82, 2.24) is 15.6 Å². The summed E-state index contributed by atoms with van der Waals surface area (Å²) in [5.41, 5.74) is 1.37. The maximum Gasteiger partial charge on any atom is 0.256 e. The molecule has 2 saturated heterocycles. The predicted molar refractivity (Wildman–Crippen MR) is 106 cm³/mol. The van der Waals surface area contributed by atoms with Gasteiger partial charge in [0.2, 0.25) is 0 Å². The number of fused-ring (bicyclic) bond motifs is 1. The number of carbonyl (C=O) groups is 2. The fraction of sp³-hybridized carbons (Fsp3) is 0.364. The molecule has 2 aliphatic heterocycles. The summed E-state index contributed by atoms with van der Waals surface area (Å²) in [6, 6.07) is 1.64. The van der Waals surface area contributed by atoms with Crippen LogP contribution in [0.25, 0.3) is 6.08 Å². The number of ketones is 1. The maximum absolute atomic E-state index is 14.8. The molecule has 3 heterocycles. The Balaban J connectivity index is 1.77. The van der Waals surface area contributed by atoms with E-state index in [4.69, 9.17) is 0 Å². The molecule has 3 aliphatic rings. The van der Waals surface area contributed by atoms with Crippen molar-refractivity contribution in [3.63, 3.8) is 0 Å². The number of piperidine rings is 1. The molecule has 6 nitrogen and oxygen atoms in total. The van der Waals surface area contributed by atoms with Crippen LogP contribution in [-0.4, -0.2) is 46.6 Å². The molecule has 0 aromatic carbocycles. The van der Waals surface area contributed by atoms with Gasteiger partial charge in [0.15, 0.2) is 5.78 Å². The number of aromatic amines is 1. The first kappa shape index (κ1) is 19.4. The number of rotatable bonds is 2. The van der Waals surface area contributed by atoms with E-state index in [1.54, 1.807) is 24.4 Å². The van der Waals surface area contributed by atoms with Gasteiger partial charge in [0.1, 0.15) is 11.8 Å². The molecule has 1 aromatic heterocycles. The minimum atomic E-state index is -1.35. The molecular formula is C22H22FN3O3. The Morgan fingerprint density at radius 3 is 2.83 bits per heavy atom. The van der Waals surface area contributed by atoms with E-state index in [2.05, 4.69) is 27.5 Å². The maximum atomic E-state index is 14.8. The van der Waals surface area contributed by atoms with Crippen LogP contribution in [0.2, 0.25) is 0 Å². The zero-order chi connectivity index (χ0) is 20.6. The number of amides is 1. The molecule has 0 spiro atoms. The van der Waals surface area contributed by atoms with Gasteiger partial charge >= 0.3 is 0 Å². The van der Waals surface area contributed by atoms with Crippen molar-refractivity contribution in [2.24, 2.45) is 0 Å². The molecule has 1 aromatic rings. The van der Waals surface area contributed by atoms with E-state index in [0.29, 0.717) is 48.5 Å². The number of aromatic nitrogens is 1. The number of carbonyl (C=O) groups excluding carboxylic acids is 2. The zero-order valence-corrected chi connectivity index (χ0v) is 16.1. The molecular weight excluding hydrogens is 373 g/mol. The van der Waals surface area contributed by atoms with E-state index in [-0.39, 0.29) is 29.3 Å². The normalized spacial score (nSPS) is 24.5. The van der Waals surface area contributed by atoms with Crippen LogP contribution >= 0.6 is 0 Å². The van der Waals surface area contributed by atoms with E-state index < -0.39 is 11.8 Å². The second-order valence-corrected chi connectivity index (χ2v) is 7.55. The van der Waals surface area contributed by atoms with E-state index in [9.17, 15) is 19.1 Å². The number of Topliss-reactive ketones (excluding diaryl/α,β-unsaturated/α-hetero) is 1. The molecule has 7 heteroatoms. The Kier molecular flexibility index (Phi) is 4.99. The summed E-state index contributed by atoms with van der Waals surface area (Å²) >= 11 is 0. The van der Waals surface area contributed by atoms with Gasteiger partial charge in [0, 0.05) is 40.7 Å². The van der Waals surface area contributed by atoms with Crippen LogP contribution in [0.15, 0.2) is 40.8 Å². The fourth-order valence-corrected chi connectivity index (χ4v) is 3.73. The molecule has 0 saturated carbocycles. The number of hydrogen-bond acceptors (Lipinski definition) is 4. The number of H-pyrrole nitrogens is 1. The van der Waals surface area contributed by atoms with Crippen LogP contribution in [0.3, 0.4) is 0 Å². The summed E-state index contributed by atoms with van der Waals surface area (Å²) in [7, 11) is 0. The van der Waals surface area contributed by atoms with E-state index in [1.807, 2.05) is 0 Å². The summed E-state index contributed by atoms with van der Waals surface area (Å²) in [4.78, 5) is 27.0. The van der Waals surface area contributed by atoms with Gasteiger partial charge in [-0.1, -0.05) is 17.9 Å². The lowest BCUT2D eigenvalue weighted by molar-refractivity contribution is -0.115. The third-order valence-corrected chi connectivity index (χ3v) is 5.42. The van der Waals surface area contributed by atoms with Crippen molar-refractivity contribution in [3.05, 3.63) is 52.0 Å². The summed E-state index contributed by atoms with van der Waals surface area (Å²) in [6.07, 6.45) is 4.53. The largest absolute Gasteiger partial charge is 0.377 e. The first-order valence-corrected chi connectivity index (χ1v) is 9.64. The van der Waals surface area contributed by atoms with Crippen LogP contribution in [0.5, 0.6) is 0 Å². The van der Waals surface area contributed by atoms with Crippen LogP contribution in [-0.2, 0) is 4.79 Å². The van der Waals surface area contributed by atoms with Crippen LogP contribution in [0, 0.1) is 11.8 Å². The monoisotopic (exact) mass is 395 g/mol. The Morgan fingerprint density at radius 1 is 1.38 bits per heavy atom. The number of allylic oxidation sites excluding steroid dienone is 3. The predicted octanol–water partition coefficient (Wildman–Crippen LogP) is 1.77. The van der Waals surface area contributed by atoms with Crippen LogP contribution in [0.4, 0.5) is 4.39 Å². The Morgan fingerprint density at radius 2 is 2.14 bits per heavy atom. The highest BCUT2D eigenvalue weighted by Gasteiger charge is 2.35. The topological polar surface area (TPSA) is 94.2 Å². The molecule has 1 amide bonds. The second-order valence-electron chi connectivity index (χ2n) is 7.55. The van der Waals surface area contributed by atoms with Crippen molar-refractivity contribution in [3.8, 4) is 11.8 Å². The van der Waals surface area contributed by atoms with Gasteiger partial charge in [-0.05, 0) is 45.0 Å². The minimum absolute atomic E-state index is 0.0927. The highest BCUT2D eigenvalue weighted by molar-refractivity contribution is 6.09. The fourth-order valence-electron chi connectivity index (χ4n) is 3.73. The zero-order valence-electron chi connectivity index (χ0n) is 16.1. The summed E-state index contributed by atoms with van der Waals surface area (Å²) in [5.74, 6) is 5.26. The average molecular weight is 395 g/mol. The minimum Gasteiger partial charge on any atom is -0.377 e. The highest BCUT2D eigenvalue weighted by Crippen LogP contribution is 2.36. The SMILES string of the molecule is CC(=O)c1c[nH]c(/C=C2\C(=O)NC3=CCC(F)C(C#CC4(O)CCNCC4)=C32)c1. The van der Waals surface area contributed by atoms with Crippen LogP contribution < -0.4 is 10.6 Å². The molecule has 0 bridgehead atoms. The number of nitrogens with one attached hydrogen (secondary N) is 3. The van der Waals surface area contributed by atoms with Crippen molar-refractivity contribution >= 4 is 17.8 Å². The molecule has 0 radical (unpaired) electrons. The molecule has 4 N–H and O–H groups in total. The lowest BCUT2D eigenvalue weighted by atomic mass is 9.88. The molecule has 1 aliphatic carbocycles. The lowest BCUT2D eigenvalue weighted by Gasteiger charge is -2.27. The molecule has 1 atom stereocenters.